The van der Waals surface area contributed by atoms with Crippen molar-refractivity contribution in [3.63, 3.8) is 0 Å². The van der Waals surface area contributed by atoms with Crippen molar-refractivity contribution in [1.82, 2.24) is 0 Å². The Labute approximate surface area is 85.5 Å². The Hall–Kier alpha value is -0.850. The SMILES string of the molecule is CO[PH](=O)C=CCCc1ccccc1. The van der Waals surface area contributed by atoms with Crippen molar-refractivity contribution in [2.75, 3.05) is 7.11 Å². The zero-order valence-electron chi connectivity index (χ0n) is 8.27. The fourth-order valence-electron chi connectivity index (χ4n) is 1.14. The minimum atomic E-state index is -1.91. The third-order valence-corrected chi connectivity index (χ3v) is 2.81. The van der Waals surface area contributed by atoms with Crippen molar-refractivity contribution in [2.45, 2.75) is 12.8 Å². The normalized spacial score (nSPS) is 13.2. The van der Waals surface area contributed by atoms with Crippen LogP contribution in [0.3, 0.4) is 0 Å². The molecule has 1 rings (SSSR count). The Kier molecular flexibility index (Phi) is 5.28. The molecule has 3 heteroatoms. The molecule has 1 unspecified atom stereocenters. The van der Waals surface area contributed by atoms with Crippen molar-refractivity contribution in [2.24, 2.45) is 0 Å². The molecule has 2 nitrogen and oxygen atoms in total. The quantitative estimate of drug-likeness (QED) is 0.697. The summed E-state index contributed by atoms with van der Waals surface area (Å²) in [7, 11) is -0.452. The molecule has 1 aromatic carbocycles. The van der Waals surface area contributed by atoms with Gasteiger partial charge in [-0.05, 0) is 24.2 Å². The predicted octanol–water partition coefficient (Wildman–Crippen LogP) is 3.25. The summed E-state index contributed by atoms with van der Waals surface area (Å²) in [4.78, 5) is 0. The van der Waals surface area contributed by atoms with E-state index in [1.807, 2.05) is 24.3 Å². The van der Waals surface area contributed by atoms with Gasteiger partial charge in [0, 0.05) is 7.11 Å². The predicted molar refractivity (Wildman–Crippen MR) is 59.9 cm³/mol. The summed E-state index contributed by atoms with van der Waals surface area (Å²) >= 11 is 0. The molecule has 0 radical (unpaired) electrons. The molecule has 14 heavy (non-hydrogen) atoms. The average Bonchev–Trinajstić information content (AvgIpc) is 2.25. The molecular formula is C11H15O2P. The van der Waals surface area contributed by atoms with Crippen LogP contribution >= 0.6 is 8.03 Å². The summed E-state index contributed by atoms with van der Waals surface area (Å²) in [6, 6.07) is 10.2. The maximum atomic E-state index is 10.9. The lowest BCUT2D eigenvalue weighted by Crippen LogP contribution is -1.80. The van der Waals surface area contributed by atoms with Gasteiger partial charge < -0.3 is 4.52 Å². The second-order valence-electron chi connectivity index (χ2n) is 2.95. The smallest absolute Gasteiger partial charge is 0.213 e. The Bertz CT molecular complexity index is 306. The standard InChI is InChI=1S/C11H15O2P/c1-13-14(12)10-6-5-9-11-7-3-2-4-8-11/h2-4,6-8,10,14H,5,9H2,1H3. The largest absolute Gasteiger partial charge is 0.331 e. The van der Waals surface area contributed by atoms with E-state index in [1.54, 1.807) is 5.82 Å². The van der Waals surface area contributed by atoms with Crippen molar-refractivity contribution < 1.29 is 9.09 Å². The van der Waals surface area contributed by atoms with E-state index in [0.29, 0.717) is 0 Å². The summed E-state index contributed by atoms with van der Waals surface area (Å²) in [6.45, 7) is 0. The lowest BCUT2D eigenvalue weighted by Gasteiger charge is -1.96. The molecule has 0 fully saturated rings. The number of rotatable bonds is 5. The van der Waals surface area contributed by atoms with Crippen LogP contribution in [0.2, 0.25) is 0 Å². The minimum absolute atomic E-state index is 0.907. The van der Waals surface area contributed by atoms with Crippen LogP contribution in [0.25, 0.3) is 0 Å². The summed E-state index contributed by atoms with van der Waals surface area (Å²) in [5.41, 5.74) is 1.30. The molecule has 0 spiro atoms. The first-order valence-corrected chi connectivity index (χ1v) is 6.00. The van der Waals surface area contributed by atoms with E-state index < -0.39 is 8.03 Å². The van der Waals surface area contributed by atoms with Crippen molar-refractivity contribution in [1.29, 1.82) is 0 Å². The van der Waals surface area contributed by atoms with Crippen molar-refractivity contribution >= 4 is 8.03 Å². The maximum Gasteiger partial charge on any atom is 0.213 e. The molecule has 1 aromatic rings. The highest BCUT2D eigenvalue weighted by molar-refractivity contribution is 7.42. The van der Waals surface area contributed by atoms with E-state index >= 15 is 0 Å². The highest BCUT2D eigenvalue weighted by atomic mass is 31.1. The highest BCUT2D eigenvalue weighted by Gasteiger charge is 1.89. The molecule has 0 amide bonds. The first-order valence-electron chi connectivity index (χ1n) is 4.61. The van der Waals surface area contributed by atoms with Crippen molar-refractivity contribution in [3.8, 4) is 0 Å². The van der Waals surface area contributed by atoms with Gasteiger partial charge in [0.25, 0.3) is 0 Å². The number of hydrogen-bond donors (Lipinski definition) is 0. The van der Waals surface area contributed by atoms with E-state index in [-0.39, 0.29) is 0 Å². The molecule has 0 aromatic heterocycles. The monoisotopic (exact) mass is 210 g/mol. The van der Waals surface area contributed by atoms with E-state index in [9.17, 15) is 4.57 Å². The minimum Gasteiger partial charge on any atom is -0.331 e. The van der Waals surface area contributed by atoms with Crippen LogP contribution in [-0.2, 0) is 15.5 Å². The molecule has 0 bridgehead atoms. The van der Waals surface area contributed by atoms with Crippen LogP contribution in [0.4, 0.5) is 0 Å². The summed E-state index contributed by atoms with van der Waals surface area (Å²) < 4.78 is 15.6. The molecule has 0 aliphatic rings. The molecule has 0 aliphatic heterocycles. The zero-order valence-corrected chi connectivity index (χ0v) is 9.27. The van der Waals surface area contributed by atoms with Gasteiger partial charge in [0.15, 0.2) is 0 Å². The van der Waals surface area contributed by atoms with Gasteiger partial charge in [0.05, 0.1) is 0 Å². The number of benzene rings is 1. The second kappa shape index (κ2) is 6.58. The summed E-state index contributed by atoms with van der Waals surface area (Å²) in [5.74, 6) is 1.65. The van der Waals surface area contributed by atoms with Crippen LogP contribution < -0.4 is 0 Å². The first-order chi connectivity index (χ1) is 6.83. The van der Waals surface area contributed by atoms with Crippen LogP contribution in [0.5, 0.6) is 0 Å². The highest BCUT2D eigenvalue weighted by Crippen LogP contribution is 2.21. The summed E-state index contributed by atoms with van der Waals surface area (Å²) in [5, 5.41) is 0. The maximum absolute atomic E-state index is 10.9. The van der Waals surface area contributed by atoms with Crippen molar-refractivity contribution in [3.05, 3.63) is 47.8 Å². The number of aryl methyl sites for hydroxylation is 1. The van der Waals surface area contributed by atoms with Gasteiger partial charge in [-0.25, -0.2) is 0 Å². The van der Waals surface area contributed by atoms with E-state index in [2.05, 4.69) is 16.7 Å². The molecule has 76 valence electrons. The lowest BCUT2D eigenvalue weighted by molar-refractivity contribution is 0.422. The van der Waals surface area contributed by atoms with Gasteiger partial charge >= 0.3 is 0 Å². The van der Waals surface area contributed by atoms with Crippen LogP contribution in [0.1, 0.15) is 12.0 Å². The van der Waals surface area contributed by atoms with Crippen LogP contribution in [0.15, 0.2) is 42.2 Å². The summed E-state index contributed by atoms with van der Waals surface area (Å²) in [6.07, 6.45) is 3.80. The van der Waals surface area contributed by atoms with Crippen LogP contribution in [-0.4, -0.2) is 7.11 Å². The van der Waals surface area contributed by atoms with E-state index in [0.717, 1.165) is 12.8 Å². The molecule has 0 N–H and O–H groups in total. The van der Waals surface area contributed by atoms with E-state index in [4.69, 9.17) is 0 Å². The molecule has 0 saturated heterocycles. The molecular weight excluding hydrogens is 195 g/mol. The lowest BCUT2D eigenvalue weighted by atomic mass is 10.1. The number of allylic oxidation sites excluding steroid dienone is 1. The zero-order chi connectivity index (χ0) is 10.2. The molecule has 0 saturated carbocycles. The van der Waals surface area contributed by atoms with Gasteiger partial charge in [0.2, 0.25) is 8.03 Å². The second-order valence-corrected chi connectivity index (χ2v) is 4.33. The molecule has 0 heterocycles. The molecule has 1 atom stereocenters. The van der Waals surface area contributed by atoms with Crippen LogP contribution in [0, 0.1) is 0 Å². The fourth-order valence-corrected chi connectivity index (χ4v) is 1.64. The van der Waals surface area contributed by atoms with Gasteiger partial charge in [-0.2, -0.15) is 0 Å². The van der Waals surface area contributed by atoms with Gasteiger partial charge in [-0.1, -0.05) is 36.4 Å². The van der Waals surface area contributed by atoms with Gasteiger partial charge in [-0.3, -0.25) is 4.57 Å². The number of hydrogen-bond acceptors (Lipinski definition) is 2. The Balaban J connectivity index is 2.29. The molecule has 0 aliphatic carbocycles. The fraction of sp³-hybridized carbons (Fsp3) is 0.273. The van der Waals surface area contributed by atoms with Gasteiger partial charge in [0.1, 0.15) is 0 Å². The van der Waals surface area contributed by atoms with E-state index in [1.165, 1.54) is 12.7 Å². The topological polar surface area (TPSA) is 26.3 Å². The van der Waals surface area contributed by atoms with Gasteiger partial charge in [-0.15, -0.1) is 0 Å². The Morgan fingerprint density at radius 3 is 2.71 bits per heavy atom. The average molecular weight is 210 g/mol. The first kappa shape index (κ1) is 11.2. The third kappa shape index (κ3) is 4.40. The third-order valence-electron chi connectivity index (χ3n) is 1.90. The Morgan fingerprint density at radius 1 is 1.36 bits per heavy atom. The Morgan fingerprint density at radius 2 is 2.07 bits per heavy atom.